The first-order valence-electron chi connectivity index (χ1n) is 9.81. The molecule has 4 nitrogen and oxygen atoms in total. The number of carbonyl (C=O) groups is 1. The van der Waals surface area contributed by atoms with Crippen LogP contribution in [-0.2, 0) is 4.79 Å². The molecule has 0 amide bonds. The molecule has 0 aliphatic rings. The summed E-state index contributed by atoms with van der Waals surface area (Å²) in [6, 6.07) is 26.9. The third-order valence-corrected chi connectivity index (χ3v) is 4.91. The fourth-order valence-electron chi connectivity index (χ4n) is 3.46. The van der Waals surface area contributed by atoms with Crippen LogP contribution < -0.4 is 0 Å². The largest absolute Gasteiger partial charge is 0.478 e. The lowest BCUT2D eigenvalue weighted by Gasteiger charge is -2.17. The third-order valence-electron chi connectivity index (χ3n) is 4.91. The van der Waals surface area contributed by atoms with Gasteiger partial charge < -0.3 is 5.11 Å². The number of aliphatic carboxylic acids is 1. The minimum Gasteiger partial charge on any atom is -0.478 e. The van der Waals surface area contributed by atoms with E-state index in [1.807, 2.05) is 48.5 Å². The quantitative estimate of drug-likeness (QED) is 0.410. The Kier molecular flexibility index (Phi) is 6.78. The van der Waals surface area contributed by atoms with Gasteiger partial charge in [-0.3, -0.25) is 0 Å². The summed E-state index contributed by atoms with van der Waals surface area (Å²) in [5, 5.41) is 27.2. The molecule has 3 rings (SSSR count). The van der Waals surface area contributed by atoms with Gasteiger partial charge in [0.05, 0.1) is 23.3 Å². The highest BCUT2D eigenvalue weighted by Crippen LogP contribution is 2.35. The van der Waals surface area contributed by atoms with E-state index in [0.29, 0.717) is 11.1 Å². The summed E-state index contributed by atoms with van der Waals surface area (Å²) in [7, 11) is 0. The number of nitriles is 2. The van der Waals surface area contributed by atoms with Gasteiger partial charge in [-0.25, -0.2) is 4.79 Å². The zero-order chi connectivity index (χ0) is 22.2. The molecular weight excluding hydrogens is 384 g/mol. The molecule has 1 N–H and O–H groups in total. The van der Waals surface area contributed by atoms with Gasteiger partial charge in [0.15, 0.2) is 0 Å². The van der Waals surface area contributed by atoms with Gasteiger partial charge in [0.1, 0.15) is 0 Å². The van der Waals surface area contributed by atoms with Crippen LogP contribution in [0.25, 0.3) is 17.2 Å². The summed E-state index contributed by atoms with van der Waals surface area (Å²) in [5.41, 5.74) is 6.97. The average molecular weight is 404 g/mol. The SMILES string of the molecule is CCC(=C(c1ccc(C#N)cc1)c1ccc(C#N)cc1)c1cccc(/C=C/C(=O)O)c1. The van der Waals surface area contributed by atoms with Crippen molar-refractivity contribution in [3.8, 4) is 12.1 Å². The Balaban J connectivity index is 2.23. The van der Waals surface area contributed by atoms with Crippen molar-refractivity contribution < 1.29 is 9.90 Å². The maximum absolute atomic E-state index is 10.9. The summed E-state index contributed by atoms with van der Waals surface area (Å²) in [6.07, 6.45) is 3.43. The van der Waals surface area contributed by atoms with Gasteiger partial charge >= 0.3 is 5.97 Å². The fraction of sp³-hybridized carbons (Fsp3) is 0.0741. The second-order valence-corrected chi connectivity index (χ2v) is 6.88. The monoisotopic (exact) mass is 404 g/mol. The normalized spacial score (nSPS) is 10.3. The molecule has 0 aliphatic carbocycles. The number of carboxylic acid groups (broad SMARTS) is 1. The van der Waals surface area contributed by atoms with Crippen molar-refractivity contribution in [3.63, 3.8) is 0 Å². The standard InChI is InChI=1S/C27H20N2O2/c1-2-25(24-5-3-4-19(16-24)10-15-26(30)31)27(22-11-6-20(17-28)7-12-22)23-13-8-21(18-29)9-14-23/h3-16H,2H2,1H3,(H,30,31)/b15-10+. The van der Waals surface area contributed by atoms with E-state index in [1.165, 1.54) is 0 Å². The molecule has 0 fully saturated rings. The van der Waals surface area contributed by atoms with E-state index < -0.39 is 5.97 Å². The van der Waals surface area contributed by atoms with Gasteiger partial charge in [-0.15, -0.1) is 0 Å². The Labute approximate surface area is 181 Å². The van der Waals surface area contributed by atoms with Crippen molar-refractivity contribution in [2.24, 2.45) is 0 Å². The minimum atomic E-state index is -0.993. The van der Waals surface area contributed by atoms with Crippen LogP contribution in [0.2, 0.25) is 0 Å². The Hall–Kier alpha value is -4.41. The first-order valence-corrected chi connectivity index (χ1v) is 9.81. The molecule has 0 saturated carbocycles. The molecule has 4 heteroatoms. The van der Waals surface area contributed by atoms with Crippen molar-refractivity contribution in [2.45, 2.75) is 13.3 Å². The Morgan fingerprint density at radius 3 is 1.87 bits per heavy atom. The van der Waals surface area contributed by atoms with E-state index in [9.17, 15) is 4.79 Å². The van der Waals surface area contributed by atoms with Crippen LogP contribution in [0, 0.1) is 22.7 Å². The number of nitrogens with zero attached hydrogens (tertiary/aromatic N) is 2. The van der Waals surface area contributed by atoms with Gasteiger partial charge in [-0.2, -0.15) is 10.5 Å². The van der Waals surface area contributed by atoms with Gasteiger partial charge in [-0.1, -0.05) is 49.4 Å². The number of rotatable bonds is 6. The Morgan fingerprint density at radius 2 is 1.42 bits per heavy atom. The summed E-state index contributed by atoms with van der Waals surface area (Å²) >= 11 is 0. The summed E-state index contributed by atoms with van der Waals surface area (Å²) in [5.74, 6) is -0.993. The van der Waals surface area contributed by atoms with Crippen LogP contribution in [0.3, 0.4) is 0 Å². The van der Waals surface area contributed by atoms with Gasteiger partial charge in [0, 0.05) is 6.08 Å². The predicted molar refractivity (Wildman–Crippen MR) is 122 cm³/mol. The second-order valence-electron chi connectivity index (χ2n) is 6.88. The summed E-state index contributed by atoms with van der Waals surface area (Å²) < 4.78 is 0. The smallest absolute Gasteiger partial charge is 0.328 e. The fourth-order valence-corrected chi connectivity index (χ4v) is 3.46. The summed E-state index contributed by atoms with van der Waals surface area (Å²) in [4.78, 5) is 10.9. The lowest BCUT2D eigenvalue weighted by atomic mass is 9.87. The first kappa shape index (κ1) is 21.3. The average Bonchev–Trinajstić information content (AvgIpc) is 2.81. The van der Waals surface area contributed by atoms with Crippen LogP contribution in [0.4, 0.5) is 0 Å². The van der Waals surface area contributed by atoms with Gasteiger partial charge in [0.25, 0.3) is 0 Å². The Morgan fingerprint density at radius 1 is 0.871 bits per heavy atom. The van der Waals surface area contributed by atoms with Crippen molar-refractivity contribution in [1.29, 1.82) is 10.5 Å². The highest BCUT2D eigenvalue weighted by molar-refractivity contribution is 5.99. The molecule has 150 valence electrons. The highest BCUT2D eigenvalue weighted by Gasteiger charge is 2.14. The Bertz CT molecular complexity index is 1180. The van der Waals surface area contributed by atoms with E-state index in [0.717, 1.165) is 45.9 Å². The van der Waals surface area contributed by atoms with E-state index >= 15 is 0 Å². The zero-order valence-corrected chi connectivity index (χ0v) is 17.0. The van der Waals surface area contributed by atoms with E-state index in [2.05, 4.69) is 19.1 Å². The van der Waals surface area contributed by atoms with Crippen LogP contribution in [-0.4, -0.2) is 11.1 Å². The third kappa shape index (κ3) is 5.15. The van der Waals surface area contributed by atoms with E-state index in [4.69, 9.17) is 15.6 Å². The molecule has 0 aromatic heterocycles. The molecule has 3 aromatic rings. The van der Waals surface area contributed by atoms with Crippen molar-refractivity contribution in [3.05, 3.63) is 112 Å². The van der Waals surface area contributed by atoms with Gasteiger partial charge in [-0.05, 0) is 76.2 Å². The number of hydrogen-bond acceptors (Lipinski definition) is 3. The number of allylic oxidation sites excluding steroid dienone is 1. The molecule has 0 spiro atoms. The molecule has 3 aromatic carbocycles. The van der Waals surface area contributed by atoms with E-state index in [1.54, 1.807) is 30.3 Å². The molecule has 0 radical (unpaired) electrons. The zero-order valence-electron chi connectivity index (χ0n) is 17.0. The predicted octanol–water partition coefficient (Wildman–Crippen LogP) is 5.90. The van der Waals surface area contributed by atoms with Gasteiger partial charge in [0.2, 0.25) is 0 Å². The van der Waals surface area contributed by atoms with E-state index in [-0.39, 0.29) is 0 Å². The number of hydrogen-bond donors (Lipinski definition) is 1. The van der Waals surface area contributed by atoms with Crippen LogP contribution in [0.5, 0.6) is 0 Å². The number of carboxylic acids is 1. The molecule has 0 aliphatic heterocycles. The van der Waals surface area contributed by atoms with Crippen molar-refractivity contribution in [1.82, 2.24) is 0 Å². The van der Waals surface area contributed by atoms with Crippen LogP contribution in [0.15, 0.2) is 78.9 Å². The molecular formula is C27H20N2O2. The highest BCUT2D eigenvalue weighted by atomic mass is 16.4. The lowest BCUT2D eigenvalue weighted by Crippen LogP contribution is -1.96. The molecule has 0 atom stereocenters. The maximum Gasteiger partial charge on any atom is 0.328 e. The van der Waals surface area contributed by atoms with Crippen molar-refractivity contribution >= 4 is 23.2 Å². The second kappa shape index (κ2) is 9.87. The van der Waals surface area contributed by atoms with Crippen LogP contribution in [0.1, 0.15) is 46.7 Å². The first-order chi connectivity index (χ1) is 15.0. The molecule has 0 bridgehead atoms. The molecule has 0 unspecified atom stereocenters. The van der Waals surface area contributed by atoms with Crippen molar-refractivity contribution in [2.75, 3.05) is 0 Å². The summed E-state index contributed by atoms with van der Waals surface area (Å²) in [6.45, 7) is 2.07. The lowest BCUT2D eigenvalue weighted by molar-refractivity contribution is -0.131. The molecule has 0 saturated heterocycles. The minimum absolute atomic E-state index is 0.585. The maximum atomic E-state index is 10.9. The number of benzene rings is 3. The molecule has 0 heterocycles. The molecule has 31 heavy (non-hydrogen) atoms. The topological polar surface area (TPSA) is 84.9 Å². The van der Waals surface area contributed by atoms with Crippen LogP contribution >= 0.6 is 0 Å².